The zero-order chi connectivity index (χ0) is 15.0. The van der Waals surface area contributed by atoms with Gasteiger partial charge in [0.15, 0.2) is 0 Å². The molecule has 1 aromatic heterocycles. The summed E-state index contributed by atoms with van der Waals surface area (Å²) in [6.45, 7) is 0. The van der Waals surface area contributed by atoms with Gasteiger partial charge in [0.05, 0.1) is 0 Å². The molecule has 20 heavy (non-hydrogen) atoms. The van der Waals surface area contributed by atoms with E-state index in [1.165, 1.54) is 30.3 Å². The minimum Gasteiger partial charge on any atom is -0.271 e. The molecule has 0 atom stereocenters. The lowest BCUT2D eigenvalue weighted by atomic mass is 10.2. The van der Waals surface area contributed by atoms with E-state index in [2.05, 4.69) is 4.72 Å². The fraction of sp³-hybridized carbons (Fsp3) is 0.0909. The second-order valence-corrected chi connectivity index (χ2v) is 6.26. The monoisotopic (exact) mass is 322 g/mol. The van der Waals surface area contributed by atoms with Gasteiger partial charge in [-0.3, -0.25) is 4.72 Å². The number of benzene rings is 1. The van der Waals surface area contributed by atoms with E-state index in [0.717, 1.165) is 6.07 Å². The van der Waals surface area contributed by atoms with E-state index in [4.69, 9.17) is 5.14 Å². The van der Waals surface area contributed by atoms with Crippen molar-refractivity contribution in [2.75, 3.05) is 4.72 Å². The first-order chi connectivity index (χ1) is 9.15. The van der Waals surface area contributed by atoms with Crippen LogP contribution < -0.4 is 9.86 Å². The van der Waals surface area contributed by atoms with E-state index in [-0.39, 0.29) is 5.69 Å². The highest BCUT2D eigenvalue weighted by Gasteiger charge is 2.32. The van der Waals surface area contributed by atoms with Crippen LogP contribution in [0.3, 0.4) is 0 Å². The standard InChI is InChI=1S/C11H9F3N2O2S2/c12-11(13,14)10-6-5-9(19-10)7-1-3-8(4-2-7)16-20(15,17)18/h1-6,16H,(H2,15,17,18). The Balaban J connectivity index is 2.24. The van der Waals surface area contributed by atoms with Gasteiger partial charge in [0, 0.05) is 10.6 Å². The Morgan fingerprint density at radius 3 is 2.10 bits per heavy atom. The lowest BCUT2D eigenvalue weighted by molar-refractivity contribution is -0.134. The summed E-state index contributed by atoms with van der Waals surface area (Å²) >= 11 is 0.624. The third-order valence-corrected chi connectivity index (χ3v) is 4.01. The molecule has 4 nitrogen and oxygen atoms in total. The fourth-order valence-corrected chi connectivity index (χ4v) is 2.86. The Hall–Kier alpha value is -1.58. The number of nitrogens with two attached hydrogens (primary N) is 1. The van der Waals surface area contributed by atoms with Gasteiger partial charge in [0.2, 0.25) is 0 Å². The molecule has 0 radical (unpaired) electrons. The second kappa shape index (κ2) is 5.08. The van der Waals surface area contributed by atoms with Crippen LogP contribution in [0.4, 0.5) is 18.9 Å². The molecule has 0 spiro atoms. The first-order valence-electron chi connectivity index (χ1n) is 5.23. The Bertz CT molecular complexity index is 706. The lowest BCUT2D eigenvalue weighted by Gasteiger charge is -2.04. The number of nitrogens with one attached hydrogen (secondary N) is 1. The van der Waals surface area contributed by atoms with Crippen LogP contribution in [0.5, 0.6) is 0 Å². The molecule has 0 aliphatic rings. The highest BCUT2D eigenvalue weighted by atomic mass is 32.2. The third-order valence-electron chi connectivity index (χ3n) is 2.31. The molecule has 1 aromatic carbocycles. The molecule has 0 fully saturated rings. The second-order valence-electron chi connectivity index (χ2n) is 3.89. The van der Waals surface area contributed by atoms with E-state index in [1.807, 2.05) is 0 Å². The molecule has 0 saturated carbocycles. The van der Waals surface area contributed by atoms with Crippen molar-refractivity contribution in [3.05, 3.63) is 41.3 Å². The van der Waals surface area contributed by atoms with Crippen LogP contribution in [0.25, 0.3) is 10.4 Å². The van der Waals surface area contributed by atoms with Crippen LogP contribution in [0.2, 0.25) is 0 Å². The van der Waals surface area contributed by atoms with Gasteiger partial charge in [-0.2, -0.15) is 21.6 Å². The van der Waals surface area contributed by atoms with E-state index >= 15 is 0 Å². The molecular weight excluding hydrogens is 313 g/mol. The Kier molecular flexibility index (Phi) is 3.76. The smallest absolute Gasteiger partial charge is 0.271 e. The molecule has 2 rings (SSSR count). The molecule has 0 bridgehead atoms. The number of alkyl halides is 3. The van der Waals surface area contributed by atoms with Crippen molar-refractivity contribution in [3.63, 3.8) is 0 Å². The van der Waals surface area contributed by atoms with Gasteiger partial charge >= 0.3 is 6.18 Å². The van der Waals surface area contributed by atoms with Gasteiger partial charge < -0.3 is 0 Å². The Labute approximate surface area is 117 Å². The summed E-state index contributed by atoms with van der Waals surface area (Å²) in [6.07, 6.45) is -4.36. The van der Waals surface area contributed by atoms with Gasteiger partial charge in [0.1, 0.15) is 4.88 Å². The number of anilines is 1. The van der Waals surface area contributed by atoms with E-state index in [0.29, 0.717) is 21.8 Å². The van der Waals surface area contributed by atoms with Crippen LogP contribution in [0.1, 0.15) is 4.88 Å². The molecule has 108 valence electrons. The largest absolute Gasteiger partial charge is 0.425 e. The molecule has 0 saturated heterocycles. The summed E-state index contributed by atoms with van der Waals surface area (Å²) in [5.41, 5.74) is 0.800. The molecule has 1 heterocycles. The van der Waals surface area contributed by atoms with Crippen LogP contribution >= 0.6 is 11.3 Å². The molecule has 9 heteroatoms. The highest BCUT2D eigenvalue weighted by Crippen LogP contribution is 2.38. The first kappa shape index (κ1) is 14.8. The predicted octanol–water partition coefficient (Wildman–Crippen LogP) is 3.05. The quantitative estimate of drug-likeness (QED) is 0.911. The van der Waals surface area contributed by atoms with Crippen molar-refractivity contribution >= 4 is 27.2 Å². The highest BCUT2D eigenvalue weighted by molar-refractivity contribution is 7.90. The van der Waals surface area contributed by atoms with Gasteiger partial charge in [-0.15, -0.1) is 11.3 Å². The van der Waals surface area contributed by atoms with Crippen LogP contribution in [0, 0.1) is 0 Å². The van der Waals surface area contributed by atoms with E-state index in [1.54, 1.807) is 0 Å². The van der Waals surface area contributed by atoms with E-state index in [9.17, 15) is 21.6 Å². The zero-order valence-corrected chi connectivity index (χ0v) is 11.4. The minimum atomic E-state index is -4.36. The summed E-state index contributed by atoms with van der Waals surface area (Å²) in [5, 5.41) is 4.81. The van der Waals surface area contributed by atoms with Crippen LogP contribution in [-0.2, 0) is 16.4 Å². The number of rotatable bonds is 3. The first-order valence-corrected chi connectivity index (χ1v) is 7.59. The average molecular weight is 322 g/mol. The molecular formula is C11H9F3N2O2S2. The van der Waals surface area contributed by atoms with Crippen molar-refractivity contribution < 1.29 is 21.6 Å². The molecule has 0 unspecified atom stereocenters. The summed E-state index contributed by atoms with van der Waals surface area (Å²) in [7, 11) is -3.87. The van der Waals surface area contributed by atoms with Crippen molar-refractivity contribution in [1.29, 1.82) is 0 Å². The van der Waals surface area contributed by atoms with Crippen molar-refractivity contribution in [1.82, 2.24) is 0 Å². The maximum atomic E-state index is 12.5. The molecule has 2 aromatic rings. The van der Waals surface area contributed by atoms with Crippen LogP contribution in [-0.4, -0.2) is 8.42 Å². The van der Waals surface area contributed by atoms with E-state index < -0.39 is 21.3 Å². The van der Waals surface area contributed by atoms with Crippen LogP contribution in [0.15, 0.2) is 36.4 Å². The third kappa shape index (κ3) is 3.71. The van der Waals surface area contributed by atoms with Crippen molar-refractivity contribution in [2.45, 2.75) is 6.18 Å². The number of halogens is 3. The van der Waals surface area contributed by atoms with Gasteiger partial charge in [-0.05, 0) is 29.8 Å². The molecule has 0 aliphatic heterocycles. The average Bonchev–Trinajstić information content (AvgIpc) is 2.76. The summed E-state index contributed by atoms with van der Waals surface area (Å²) in [4.78, 5) is -0.237. The lowest BCUT2D eigenvalue weighted by Crippen LogP contribution is -2.21. The maximum Gasteiger partial charge on any atom is 0.425 e. The topological polar surface area (TPSA) is 72.2 Å². The van der Waals surface area contributed by atoms with Crippen molar-refractivity contribution in [2.24, 2.45) is 5.14 Å². The summed E-state index contributed by atoms with van der Waals surface area (Å²) < 4.78 is 61.1. The molecule has 0 aliphatic carbocycles. The Morgan fingerprint density at radius 2 is 1.65 bits per heavy atom. The minimum absolute atomic E-state index is 0.240. The predicted molar refractivity (Wildman–Crippen MR) is 71.5 cm³/mol. The number of hydrogen-bond acceptors (Lipinski definition) is 3. The van der Waals surface area contributed by atoms with Gasteiger partial charge in [0.25, 0.3) is 10.2 Å². The summed E-state index contributed by atoms with van der Waals surface area (Å²) in [5.74, 6) is 0. The number of hydrogen-bond donors (Lipinski definition) is 2. The normalized spacial score (nSPS) is 12.4. The zero-order valence-electron chi connectivity index (χ0n) is 9.81. The summed E-state index contributed by atoms with van der Waals surface area (Å²) in [6, 6.07) is 8.25. The van der Waals surface area contributed by atoms with Gasteiger partial charge in [-0.1, -0.05) is 12.1 Å². The number of thiophene rings is 1. The SMILES string of the molecule is NS(=O)(=O)Nc1ccc(-c2ccc(C(F)(F)F)s2)cc1. The Morgan fingerprint density at radius 1 is 1.05 bits per heavy atom. The molecule has 3 N–H and O–H groups in total. The fourth-order valence-electron chi connectivity index (χ4n) is 1.51. The van der Waals surface area contributed by atoms with Crippen molar-refractivity contribution in [3.8, 4) is 10.4 Å². The molecule has 0 amide bonds. The maximum absolute atomic E-state index is 12.5. The van der Waals surface area contributed by atoms with Gasteiger partial charge in [-0.25, -0.2) is 5.14 Å².